The average molecular weight is 482 g/mol. The first-order valence-electron chi connectivity index (χ1n) is 8.63. The molecule has 0 aliphatic carbocycles. The Hall–Kier alpha value is -0.420. The Bertz CT molecular complexity index is 467. The number of nitrogens with one attached hydrogen (secondary N) is 2. The zero-order chi connectivity index (χ0) is 17.0. The van der Waals surface area contributed by atoms with E-state index < -0.39 is 0 Å². The van der Waals surface area contributed by atoms with E-state index >= 15 is 0 Å². The van der Waals surface area contributed by atoms with Gasteiger partial charge in [-0.2, -0.15) is 0 Å². The highest BCUT2D eigenvalue weighted by Gasteiger charge is 2.24. The third-order valence-corrected chi connectivity index (χ3v) is 5.08. The van der Waals surface area contributed by atoms with Gasteiger partial charge < -0.3 is 20.1 Å². The molecule has 1 unspecified atom stereocenters. The van der Waals surface area contributed by atoms with Crippen LogP contribution < -0.4 is 10.6 Å². The maximum atomic E-state index is 5.46. The lowest BCUT2D eigenvalue weighted by Gasteiger charge is -2.27. The summed E-state index contributed by atoms with van der Waals surface area (Å²) in [5.74, 6) is 0.825. The van der Waals surface area contributed by atoms with E-state index in [2.05, 4.69) is 38.0 Å². The number of guanidine groups is 1. The van der Waals surface area contributed by atoms with Crippen molar-refractivity contribution in [3.8, 4) is 0 Å². The molecule has 25 heavy (non-hydrogen) atoms. The second kappa shape index (κ2) is 13.7. The van der Waals surface area contributed by atoms with Crippen molar-refractivity contribution in [2.24, 2.45) is 4.99 Å². The SMILES string of the molecule is CN=C(NCCOCCOC)NCC(c1cccs1)N1CCCC1.I. The van der Waals surface area contributed by atoms with Crippen molar-refractivity contribution in [1.82, 2.24) is 15.5 Å². The van der Waals surface area contributed by atoms with E-state index in [4.69, 9.17) is 9.47 Å². The zero-order valence-electron chi connectivity index (χ0n) is 15.2. The Balaban J connectivity index is 0.00000312. The van der Waals surface area contributed by atoms with Crippen molar-refractivity contribution >= 4 is 41.3 Å². The molecule has 1 aliphatic heterocycles. The summed E-state index contributed by atoms with van der Waals surface area (Å²) in [6, 6.07) is 4.78. The quantitative estimate of drug-likeness (QED) is 0.232. The number of likely N-dealkylation sites (tertiary alicyclic amines) is 1. The van der Waals surface area contributed by atoms with Crippen LogP contribution in [0, 0.1) is 0 Å². The molecule has 0 bridgehead atoms. The lowest BCUT2D eigenvalue weighted by atomic mass is 10.2. The van der Waals surface area contributed by atoms with E-state index in [0.29, 0.717) is 25.9 Å². The Morgan fingerprint density at radius 3 is 2.72 bits per heavy atom. The molecular formula is C17H31IN4O2S. The number of methoxy groups -OCH3 is 1. The average Bonchev–Trinajstić information content (AvgIpc) is 3.30. The van der Waals surface area contributed by atoms with Gasteiger partial charge in [0, 0.05) is 32.1 Å². The molecule has 1 fully saturated rings. The van der Waals surface area contributed by atoms with Crippen LogP contribution in [0.25, 0.3) is 0 Å². The van der Waals surface area contributed by atoms with Crippen LogP contribution in [0.1, 0.15) is 23.8 Å². The first-order valence-corrected chi connectivity index (χ1v) is 9.51. The molecule has 1 aliphatic rings. The van der Waals surface area contributed by atoms with Crippen LogP contribution in [0.15, 0.2) is 22.5 Å². The summed E-state index contributed by atoms with van der Waals surface area (Å²) >= 11 is 1.83. The Labute approximate surface area is 172 Å². The van der Waals surface area contributed by atoms with Gasteiger partial charge in [0.25, 0.3) is 0 Å². The lowest BCUT2D eigenvalue weighted by molar-refractivity contribution is 0.0733. The van der Waals surface area contributed by atoms with Crippen LogP contribution >= 0.6 is 35.3 Å². The van der Waals surface area contributed by atoms with Crippen molar-refractivity contribution in [3.05, 3.63) is 22.4 Å². The molecule has 1 aromatic heterocycles. The van der Waals surface area contributed by atoms with Gasteiger partial charge in [-0.25, -0.2) is 0 Å². The largest absolute Gasteiger partial charge is 0.382 e. The fraction of sp³-hybridized carbons (Fsp3) is 0.706. The van der Waals surface area contributed by atoms with Gasteiger partial charge in [0.15, 0.2) is 5.96 Å². The van der Waals surface area contributed by atoms with Crippen LogP contribution in [0.5, 0.6) is 0 Å². The van der Waals surface area contributed by atoms with Gasteiger partial charge in [-0.1, -0.05) is 6.07 Å². The van der Waals surface area contributed by atoms with E-state index in [-0.39, 0.29) is 24.0 Å². The summed E-state index contributed by atoms with van der Waals surface area (Å²) in [6.45, 7) is 5.87. The molecule has 1 atom stereocenters. The third kappa shape index (κ3) is 8.21. The van der Waals surface area contributed by atoms with Crippen molar-refractivity contribution in [2.75, 3.05) is 60.2 Å². The molecule has 1 saturated heterocycles. The van der Waals surface area contributed by atoms with Crippen molar-refractivity contribution in [2.45, 2.75) is 18.9 Å². The first-order chi connectivity index (χ1) is 11.8. The summed E-state index contributed by atoms with van der Waals surface area (Å²) in [5.41, 5.74) is 0. The topological polar surface area (TPSA) is 58.1 Å². The fourth-order valence-electron chi connectivity index (χ4n) is 2.84. The minimum absolute atomic E-state index is 0. The highest BCUT2D eigenvalue weighted by atomic mass is 127. The van der Waals surface area contributed by atoms with Crippen LogP contribution in [-0.2, 0) is 9.47 Å². The van der Waals surface area contributed by atoms with E-state index in [1.165, 1.54) is 30.8 Å². The number of hydrogen-bond acceptors (Lipinski definition) is 5. The molecule has 0 amide bonds. The van der Waals surface area contributed by atoms with Gasteiger partial charge in [-0.05, 0) is 37.4 Å². The zero-order valence-corrected chi connectivity index (χ0v) is 18.3. The summed E-state index contributed by atoms with van der Waals surface area (Å²) < 4.78 is 10.4. The monoisotopic (exact) mass is 482 g/mol. The number of halogens is 1. The summed E-state index contributed by atoms with van der Waals surface area (Å²) in [5, 5.41) is 8.91. The normalized spacial score (nSPS) is 16.5. The highest BCUT2D eigenvalue weighted by Crippen LogP contribution is 2.27. The van der Waals surface area contributed by atoms with Gasteiger partial charge in [0.1, 0.15) is 0 Å². The molecule has 6 nitrogen and oxygen atoms in total. The van der Waals surface area contributed by atoms with Gasteiger partial charge >= 0.3 is 0 Å². The van der Waals surface area contributed by atoms with E-state index in [1.807, 2.05) is 11.3 Å². The standard InChI is InChI=1S/C17H30N4O2S.HI/c1-18-17(19-7-10-23-12-11-22-2)20-14-15(16-6-5-13-24-16)21-8-3-4-9-21;/h5-6,13,15H,3-4,7-12,14H2,1-2H3,(H2,18,19,20);1H. The Morgan fingerprint density at radius 1 is 1.28 bits per heavy atom. The van der Waals surface area contributed by atoms with Crippen LogP contribution in [0.3, 0.4) is 0 Å². The van der Waals surface area contributed by atoms with Gasteiger partial charge in [0.05, 0.1) is 25.9 Å². The lowest BCUT2D eigenvalue weighted by Crippen LogP contribution is -2.43. The fourth-order valence-corrected chi connectivity index (χ4v) is 3.70. The number of rotatable bonds is 10. The third-order valence-electron chi connectivity index (χ3n) is 4.11. The predicted octanol–water partition coefficient (Wildman–Crippen LogP) is 2.33. The molecule has 0 spiro atoms. The second-order valence-corrected chi connectivity index (χ2v) is 6.74. The number of hydrogen-bond donors (Lipinski definition) is 2. The van der Waals surface area contributed by atoms with Crippen molar-refractivity contribution in [3.63, 3.8) is 0 Å². The number of nitrogens with zero attached hydrogens (tertiary/aromatic N) is 2. The Kier molecular flexibility index (Phi) is 12.4. The van der Waals surface area contributed by atoms with Crippen molar-refractivity contribution < 1.29 is 9.47 Å². The maximum absolute atomic E-state index is 5.46. The molecule has 0 radical (unpaired) electrons. The summed E-state index contributed by atoms with van der Waals surface area (Å²) in [4.78, 5) is 8.29. The van der Waals surface area contributed by atoms with Crippen LogP contribution in [0.2, 0.25) is 0 Å². The molecule has 2 N–H and O–H groups in total. The van der Waals surface area contributed by atoms with Gasteiger partial charge in [-0.3, -0.25) is 9.89 Å². The smallest absolute Gasteiger partial charge is 0.191 e. The van der Waals surface area contributed by atoms with E-state index in [9.17, 15) is 0 Å². The van der Waals surface area contributed by atoms with E-state index in [0.717, 1.165) is 19.0 Å². The highest BCUT2D eigenvalue weighted by molar-refractivity contribution is 14.0. The van der Waals surface area contributed by atoms with Crippen LogP contribution in [0.4, 0.5) is 0 Å². The molecule has 1 aromatic rings. The van der Waals surface area contributed by atoms with E-state index in [1.54, 1.807) is 14.2 Å². The Morgan fingerprint density at radius 2 is 2.08 bits per heavy atom. The number of thiophene rings is 1. The molecule has 2 rings (SSSR count). The number of ether oxygens (including phenoxy) is 2. The molecular weight excluding hydrogens is 451 g/mol. The maximum Gasteiger partial charge on any atom is 0.191 e. The second-order valence-electron chi connectivity index (χ2n) is 5.76. The summed E-state index contributed by atoms with van der Waals surface area (Å²) in [7, 11) is 3.48. The predicted molar refractivity (Wildman–Crippen MR) is 115 cm³/mol. The minimum Gasteiger partial charge on any atom is -0.382 e. The minimum atomic E-state index is 0. The first kappa shape index (κ1) is 22.6. The molecule has 8 heteroatoms. The molecule has 2 heterocycles. The van der Waals surface area contributed by atoms with Gasteiger partial charge in [0.2, 0.25) is 0 Å². The van der Waals surface area contributed by atoms with Gasteiger partial charge in [-0.15, -0.1) is 35.3 Å². The summed E-state index contributed by atoms with van der Waals surface area (Å²) in [6.07, 6.45) is 2.60. The molecule has 144 valence electrons. The number of aliphatic imine (C=N–C) groups is 1. The molecule has 0 saturated carbocycles. The molecule has 0 aromatic carbocycles. The van der Waals surface area contributed by atoms with Crippen LogP contribution in [-0.4, -0.2) is 71.0 Å². The van der Waals surface area contributed by atoms with Crippen molar-refractivity contribution in [1.29, 1.82) is 0 Å².